The molecule has 0 bridgehead atoms. The van der Waals surface area contributed by atoms with E-state index in [4.69, 9.17) is 5.84 Å². The summed E-state index contributed by atoms with van der Waals surface area (Å²) in [7, 11) is 1.62. The van der Waals surface area contributed by atoms with Crippen molar-refractivity contribution in [3.8, 4) is 0 Å². The number of hydrogen-bond acceptors (Lipinski definition) is 6. The molecule has 1 fully saturated rings. The van der Waals surface area contributed by atoms with Crippen molar-refractivity contribution >= 4 is 17.5 Å². The highest BCUT2D eigenvalue weighted by Crippen LogP contribution is 2.38. The summed E-state index contributed by atoms with van der Waals surface area (Å²) in [6.45, 7) is 0.533. The molecule has 0 radical (unpaired) electrons. The average molecular weight is 250 g/mol. The van der Waals surface area contributed by atoms with E-state index in [1.54, 1.807) is 13.1 Å². The Bertz CT molecular complexity index is 432. The fourth-order valence-corrected chi connectivity index (χ4v) is 1.58. The Balaban J connectivity index is 1.98. The van der Waals surface area contributed by atoms with Crippen molar-refractivity contribution in [1.82, 2.24) is 15.3 Å². The molecule has 7 heteroatoms. The SMILES string of the molecule is CNC(=O)CCNc1cc(NN)nc(C2CC2)n1. The van der Waals surface area contributed by atoms with Crippen LogP contribution in [0.5, 0.6) is 0 Å². The predicted molar refractivity (Wildman–Crippen MR) is 69.0 cm³/mol. The highest BCUT2D eigenvalue weighted by atomic mass is 16.1. The quantitative estimate of drug-likeness (QED) is 0.424. The van der Waals surface area contributed by atoms with Gasteiger partial charge in [-0.2, -0.15) is 0 Å². The maximum Gasteiger partial charge on any atom is 0.221 e. The van der Waals surface area contributed by atoms with Crippen LogP contribution in [0.2, 0.25) is 0 Å². The van der Waals surface area contributed by atoms with Crippen molar-refractivity contribution in [3.63, 3.8) is 0 Å². The molecule has 1 aliphatic carbocycles. The molecule has 0 saturated heterocycles. The molecule has 0 aliphatic heterocycles. The first-order valence-corrected chi connectivity index (χ1v) is 6.03. The van der Waals surface area contributed by atoms with E-state index in [2.05, 4.69) is 26.0 Å². The first-order valence-electron chi connectivity index (χ1n) is 6.03. The zero-order chi connectivity index (χ0) is 13.0. The summed E-state index contributed by atoms with van der Waals surface area (Å²) in [6.07, 6.45) is 2.67. The van der Waals surface area contributed by atoms with Crippen LogP contribution in [0.4, 0.5) is 11.6 Å². The highest BCUT2D eigenvalue weighted by Gasteiger charge is 2.27. The first kappa shape index (κ1) is 12.6. The zero-order valence-electron chi connectivity index (χ0n) is 10.4. The van der Waals surface area contributed by atoms with E-state index in [9.17, 15) is 4.79 Å². The summed E-state index contributed by atoms with van der Waals surface area (Å²) in [4.78, 5) is 19.8. The fraction of sp³-hybridized carbons (Fsp3) is 0.545. The summed E-state index contributed by atoms with van der Waals surface area (Å²) in [6, 6.07) is 1.73. The molecule has 5 N–H and O–H groups in total. The van der Waals surface area contributed by atoms with Gasteiger partial charge in [-0.05, 0) is 12.8 Å². The van der Waals surface area contributed by atoms with Crippen LogP contribution in [0.3, 0.4) is 0 Å². The molecule has 0 spiro atoms. The Morgan fingerprint density at radius 3 is 2.78 bits per heavy atom. The lowest BCUT2D eigenvalue weighted by atomic mass is 10.3. The largest absolute Gasteiger partial charge is 0.369 e. The Labute approximate surface area is 106 Å². The van der Waals surface area contributed by atoms with Crippen molar-refractivity contribution in [2.45, 2.75) is 25.2 Å². The second kappa shape index (κ2) is 5.63. The molecule has 1 amide bonds. The van der Waals surface area contributed by atoms with Gasteiger partial charge in [-0.3, -0.25) is 4.79 Å². The maximum atomic E-state index is 11.1. The molecule has 0 atom stereocenters. The maximum absolute atomic E-state index is 11.1. The summed E-state index contributed by atoms with van der Waals surface area (Å²) < 4.78 is 0. The van der Waals surface area contributed by atoms with E-state index >= 15 is 0 Å². The molecule has 0 aromatic carbocycles. The van der Waals surface area contributed by atoms with E-state index in [-0.39, 0.29) is 5.91 Å². The fourth-order valence-electron chi connectivity index (χ4n) is 1.58. The van der Waals surface area contributed by atoms with Gasteiger partial charge < -0.3 is 16.1 Å². The van der Waals surface area contributed by atoms with Crippen LogP contribution in [-0.2, 0) is 4.79 Å². The van der Waals surface area contributed by atoms with E-state index in [0.717, 1.165) is 18.7 Å². The van der Waals surface area contributed by atoms with Gasteiger partial charge in [0.1, 0.15) is 17.5 Å². The summed E-state index contributed by atoms with van der Waals surface area (Å²) in [5.74, 6) is 7.93. The molecule has 1 aromatic rings. The minimum absolute atomic E-state index is 0.00357. The van der Waals surface area contributed by atoms with Crippen molar-refractivity contribution in [3.05, 3.63) is 11.9 Å². The highest BCUT2D eigenvalue weighted by molar-refractivity contribution is 5.76. The number of nitrogens with one attached hydrogen (secondary N) is 3. The van der Waals surface area contributed by atoms with Crippen LogP contribution in [0.15, 0.2) is 6.07 Å². The normalized spacial score (nSPS) is 14.1. The standard InChI is InChI=1S/C11H18N6O/c1-13-10(18)4-5-14-8-6-9(17-12)16-11(15-8)7-2-3-7/h6-7H,2-5,12H2,1H3,(H,13,18)(H2,14,15,16,17). The van der Waals surface area contributed by atoms with E-state index in [0.29, 0.717) is 30.5 Å². The van der Waals surface area contributed by atoms with Gasteiger partial charge in [0.15, 0.2) is 0 Å². The summed E-state index contributed by atoms with van der Waals surface area (Å²) in [5.41, 5.74) is 2.53. The third kappa shape index (κ3) is 3.30. The lowest BCUT2D eigenvalue weighted by Crippen LogP contribution is -2.21. The molecule has 1 aliphatic rings. The summed E-state index contributed by atoms with van der Waals surface area (Å²) in [5, 5.41) is 5.67. The van der Waals surface area contributed by atoms with Crippen LogP contribution in [0.25, 0.3) is 0 Å². The Morgan fingerprint density at radius 2 is 2.17 bits per heavy atom. The van der Waals surface area contributed by atoms with E-state index < -0.39 is 0 Å². The number of carbonyl (C=O) groups excluding carboxylic acids is 1. The average Bonchev–Trinajstić information content (AvgIpc) is 3.22. The monoisotopic (exact) mass is 250 g/mol. The predicted octanol–water partition coefficient (Wildman–Crippen LogP) is 0.188. The lowest BCUT2D eigenvalue weighted by Gasteiger charge is -2.09. The molecule has 7 nitrogen and oxygen atoms in total. The minimum Gasteiger partial charge on any atom is -0.369 e. The molecular weight excluding hydrogens is 232 g/mol. The van der Waals surface area contributed by atoms with E-state index in [1.165, 1.54) is 0 Å². The number of nitrogens with zero attached hydrogens (tertiary/aromatic N) is 2. The Morgan fingerprint density at radius 1 is 1.44 bits per heavy atom. The van der Waals surface area contributed by atoms with E-state index in [1.807, 2.05) is 0 Å². The molecule has 1 heterocycles. The van der Waals surface area contributed by atoms with Gasteiger partial charge in [0, 0.05) is 32.0 Å². The third-order valence-corrected chi connectivity index (χ3v) is 2.77. The number of nitrogens with two attached hydrogens (primary N) is 1. The molecule has 1 saturated carbocycles. The van der Waals surface area contributed by atoms with Crippen LogP contribution >= 0.6 is 0 Å². The van der Waals surface area contributed by atoms with Gasteiger partial charge in [0.25, 0.3) is 0 Å². The lowest BCUT2D eigenvalue weighted by molar-refractivity contribution is -0.120. The molecule has 0 unspecified atom stereocenters. The second-order valence-corrected chi connectivity index (χ2v) is 4.27. The van der Waals surface area contributed by atoms with Gasteiger partial charge in [0.2, 0.25) is 5.91 Å². The number of hydrogen-bond donors (Lipinski definition) is 4. The minimum atomic E-state index is -0.00357. The number of rotatable bonds is 6. The number of carbonyl (C=O) groups is 1. The smallest absolute Gasteiger partial charge is 0.221 e. The number of nitrogen functional groups attached to an aromatic ring is 1. The van der Waals surface area contributed by atoms with Gasteiger partial charge in [-0.1, -0.05) is 0 Å². The topological polar surface area (TPSA) is 105 Å². The van der Waals surface area contributed by atoms with Gasteiger partial charge in [0.05, 0.1) is 0 Å². The summed E-state index contributed by atoms with van der Waals surface area (Å²) >= 11 is 0. The van der Waals surface area contributed by atoms with Crippen LogP contribution in [0, 0.1) is 0 Å². The van der Waals surface area contributed by atoms with Gasteiger partial charge >= 0.3 is 0 Å². The number of anilines is 2. The van der Waals surface area contributed by atoms with Crippen LogP contribution in [0.1, 0.15) is 31.0 Å². The number of hydrazine groups is 1. The van der Waals surface area contributed by atoms with Crippen molar-refractivity contribution in [1.29, 1.82) is 0 Å². The second-order valence-electron chi connectivity index (χ2n) is 4.27. The molecule has 18 heavy (non-hydrogen) atoms. The number of aromatic nitrogens is 2. The third-order valence-electron chi connectivity index (χ3n) is 2.77. The number of amides is 1. The van der Waals surface area contributed by atoms with Crippen molar-refractivity contribution in [2.24, 2.45) is 5.84 Å². The Kier molecular flexibility index (Phi) is 3.93. The van der Waals surface area contributed by atoms with Gasteiger partial charge in [-0.15, -0.1) is 0 Å². The molecule has 2 rings (SSSR count). The van der Waals surface area contributed by atoms with Crippen molar-refractivity contribution < 1.29 is 4.79 Å². The Hall–Kier alpha value is -1.89. The zero-order valence-corrected chi connectivity index (χ0v) is 10.4. The first-order chi connectivity index (χ1) is 8.72. The van der Waals surface area contributed by atoms with Crippen LogP contribution in [-0.4, -0.2) is 29.5 Å². The van der Waals surface area contributed by atoms with Crippen LogP contribution < -0.4 is 21.9 Å². The molecule has 1 aromatic heterocycles. The molecular formula is C11H18N6O. The van der Waals surface area contributed by atoms with Gasteiger partial charge in [-0.25, -0.2) is 15.8 Å². The molecule has 98 valence electrons. The van der Waals surface area contributed by atoms with Crippen molar-refractivity contribution in [2.75, 3.05) is 24.3 Å².